The number of rotatable bonds is 5. The summed E-state index contributed by atoms with van der Waals surface area (Å²) in [7, 11) is 1.85. The zero-order valence-corrected chi connectivity index (χ0v) is 16.1. The van der Waals surface area contributed by atoms with Crippen LogP contribution in [0.25, 0.3) is 11.6 Å². The predicted octanol–water partition coefficient (Wildman–Crippen LogP) is 4.10. The summed E-state index contributed by atoms with van der Waals surface area (Å²) in [5.74, 6) is 1.46. The lowest BCUT2D eigenvalue weighted by molar-refractivity contribution is -0.113. The van der Waals surface area contributed by atoms with E-state index in [1.54, 1.807) is 12.3 Å². The molecule has 0 aliphatic heterocycles. The van der Waals surface area contributed by atoms with Crippen LogP contribution < -0.4 is 5.32 Å². The zero-order valence-electron chi connectivity index (χ0n) is 15.3. The van der Waals surface area contributed by atoms with Crippen molar-refractivity contribution in [2.75, 3.05) is 11.1 Å². The number of para-hydroxylation sites is 1. The molecule has 1 N–H and O–H groups in total. The molecule has 0 bridgehead atoms. The molecular weight excluding hydrogens is 348 g/mol. The number of hydrogen-bond donors (Lipinski definition) is 1. The van der Waals surface area contributed by atoms with Gasteiger partial charge in [0.2, 0.25) is 5.91 Å². The first kappa shape index (κ1) is 18.3. The molecule has 26 heavy (non-hydrogen) atoms. The molecule has 6 nitrogen and oxygen atoms in total. The monoisotopic (exact) mass is 370 g/mol. The molecule has 0 atom stereocenters. The Labute approximate surface area is 157 Å². The van der Waals surface area contributed by atoms with Crippen LogP contribution in [0.2, 0.25) is 0 Å². The molecule has 0 saturated carbocycles. The van der Waals surface area contributed by atoms with Gasteiger partial charge in [0.25, 0.3) is 0 Å². The van der Waals surface area contributed by atoms with Gasteiger partial charge in [-0.05, 0) is 29.2 Å². The number of nitrogens with one attached hydrogen (secondary N) is 1. The van der Waals surface area contributed by atoms with Crippen LogP contribution in [-0.2, 0) is 17.3 Å². The van der Waals surface area contributed by atoms with Gasteiger partial charge in [-0.15, -0.1) is 10.2 Å². The Morgan fingerprint density at radius 1 is 1.19 bits per heavy atom. The topological polar surface area (TPSA) is 73.0 Å². The van der Waals surface area contributed by atoms with Crippen molar-refractivity contribution in [3.05, 3.63) is 48.2 Å². The van der Waals surface area contributed by atoms with Gasteiger partial charge in [-0.1, -0.05) is 50.7 Å². The van der Waals surface area contributed by atoms with Gasteiger partial charge in [-0.2, -0.15) is 0 Å². The van der Waals surface area contributed by atoms with E-state index in [0.717, 1.165) is 11.3 Å². The van der Waals surface area contributed by atoms with Crippen molar-refractivity contribution in [2.45, 2.75) is 31.3 Å². The second-order valence-electron chi connectivity index (χ2n) is 6.97. The maximum absolute atomic E-state index is 12.4. The van der Waals surface area contributed by atoms with Gasteiger partial charge in [0.1, 0.15) is 0 Å². The first-order chi connectivity index (χ1) is 12.4. The van der Waals surface area contributed by atoms with Crippen LogP contribution in [0.3, 0.4) is 0 Å². The number of amides is 1. The Morgan fingerprint density at radius 2 is 1.96 bits per heavy atom. The van der Waals surface area contributed by atoms with Crippen molar-refractivity contribution in [1.82, 2.24) is 14.8 Å². The van der Waals surface area contributed by atoms with Crippen molar-refractivity contribution in [1.29, 1.82) is 0 Å². The van der Waals surface area contributed by atoms with Crippen molar-refractivity contribution < 1.29 is 9.21 Å². The van der Waals surface area contributed by atoms with Gasteiger partial charge in [0, 0.05) is 12.7 Å². The fourth-order valence-corrected chi connectivity index (χ4v) is 3.33. The summed E-state index contributed by atoms with van der Waals surface area (Å²) < 4.78 is 7.17. The third-order valence-electron chi connectivity index (χ3n) is 3.92. The molecule has 3 aromatic rings. The molecule has 2 heterocycles. The molecule has 0 aliphatic carbocycles. The summed E-state index contributed by atoms with van der Waals surface area (Å²) in [6, 6.07) is 11.5. The van der Waals surface area contributed by atoms with E-state index in [-0.39, 0.29) is 17.1 Å². The summed E-state index contributed by atoms with van der Waals surface area (Å²) in [5, 5.41) is 11.9. The number of carbonyl (C=O) groups is 1. The van der Waals surface area contributed by atoms with Crippen LogP contribution >= 0.6 is 11.8 Å². The van der Waals surface area contributed by atoms with Crippen LogP contribution in [0.15, 0.2) is 52.2 Å². The van der Waals surface area contributed by atoms with E-state index in [4.69, 9.17) is 4.42 Å². The minimum absolute atomic E-state index is 0.0431. The number of nitrogens with zero attached hydrogens (tertiary/aromatic N) is 3. The van der Waals surface area contributed by atoms with E-state index in [0.29, 0.717) is 16.7 Å². The number of furan rings is 1. The number of thioether (sulfide) groups is 1. The second kappa shape index (κ2) is 7.37. The minimum Gasteiger partial charge on any atom is -0.461 e. The number of aromatic nitrogens is 3. The van der Waals surface area contributed by atoms with Crippen LogP contribution in [0.1, 0.15) is 26.3 Å². The highest BCUT2D eigenvalue weighted by Gasteiger charge is 2.19. The van der Waals surface area contributed by atoms with Crippen molar-refractivity contribution in [3.8, 4) is 11.6 Å². The first-order valence-corrected chi connectivity index (χ1v) is 9.30. The zero-order chi connectivity index (χ0) is 18.7. The molecule has 0 spiro atoms. The molecule has 0 radical (unpaired) electrons. The Hall–Kier alpha value is -2.54. The van der Waals surface area contributed by atoms with E-state index in [2.05, 4.69) is 36.3 Å². The van der Waals surface area contributed by atoms with E-state index < -0.39 is 0 Å². The second-order valence-corrected chi connectivity index (χ2v) is 7.92. The van der Waals surface area contributed by atoms with Crippen LogP contribution in [0.5, 0.6) is 0 Å². The summed E-state index contributed by atoms with van der Waals surface area (Å²) >= 11 is 1.34. The third-order valence-corrected chi connectivity index (χ3v) is 4.94. The van der Waals surface area contributed by atoms with Gasteiger partial charge in [-0.25, -0.2) is 0 Å². The quantitative estimate of drug-likeness (QED) is 0.685. The van der Waals surface area contributed by atoms with Gasteiger partial charge in [0.15, 0.2) is 16.7 Å². The Morgan fingerprint density at radius 3 is 2.65 bits per heavy atom. The number of carbonyl (C=O) groups excluding carboxylic acids is 1. The van der Waals surface area contributed by atoms with E-state index >= 15 is 0 Å². The van der Waals surface area contributed by atoms with E-state index in [9.17, 15) is 4.79 Å². The molecule has 3 rings (SSSR count). The SMILES string of the molecule is Cn1c(SCC(=O)Nc2ccccc2C(C)(C)C)nnc1-c1ccco1. The van der Waals surface area contributed by atoms with Gasteiger partial charge in [-0.3, -0.25) is 4.79 Å². The van der Waals surface area contributed by atoms with Gasteiger partial charge in [0.05, 0.1) is 12.0 Å². The summed E-state index contributed by atoms with van der Waals surface area (Å²) in [6.45, 7) is 6.38. The molecule has 0 saturated heterocycles. The largest absolute Gasteiger partial charge is 0.461 e. The van der Waals surface area contributed by atoms with Crippen LogP contribution in [-0.4, -0.2) is 26.4 Å². The molecule has 1 aromatic carbocycles. The van der Waals surface area contributed by atoms with E-state index in [1.165, 1.54) is 11.8 Å². The standard InChI is InChI=1S/C19H22N4O2S/c1-19(2,3)13-8-5-6-9-14(13)20-16(24)12-26-18-22-21-17(23(18)4)15-10-7-11-25-15/h5-11H,12H2,1-4H3,(H,20,24). The van der Waals surface area contributed by atoms with Crippen molar-refractivity contribution in [2.24, 2.45) is 7.05 Å². The predicted molar refractivity (Wildman–Crippen MR) is 103 cm³/mol. The highest BCUT2D eigenvalue weighted by atomic mass is 32.2. The average molecular weight is 370 g/mol. The lowest BCUT2D eigenvalue weighted by atomic mass is 9.86. The third kappa shape index (κ3) is 3.99. The van der Waals surface area contributed by atoms with Crippen LogP contribution in [0, 0.1) is 0 Å². The minimum atomic E-state index is -0.0748. The van der Waals surface area contributed by atoms with Gasteiger partial charge < -0.3 is 14.3 Å². The summed E-state index contributed by atoms with van der Waals surface area (Å²) in [4.78, 5) is 12.4. The maximum atomic E-state index is 12.4. The molecule has 1 amide bonds. The highest BCUT2D eigenvalue weighted by molar-refractivity contribution is 7.99. The van der Waals surface area contributed by atoms with Crippen molar-refractivity contribution in [3.63, 3.8) is 0 Å². The number of hydrogen-bond acceptors (Lipinski definition) is 5. The number of benzene rings is 1. The maximum Gasteiger partial charge on any atom is 0.234 e. The first-order valence-electron chi connectivity index (χ1n) is 8.31. The fourth-order valence-electron chi connectivity index (χ4n) is 2.62. The summed E-state index contributed by atoms with van der Waals surface area (Å²) in [6.07, 6.45) is 1.59. The Bertz CT molecular complexity index is 895. The molecule has 0 fully saturated rings. The Kier molecular flexibility index (Phi) is 5.18. The molecule has 2 aromatic heterocycles. The lowest BCUT2D eigenvalue weighted by Gasteiger charge is -2.22. The van der Waals surface area contributed by atoms with Crippen LogP contribution in [0.4, 0.5) is 5.69 Å². The summed E-state index contributed by atoms with van der Waals surface area (Å²) in [5.41, 5.74) is 1.91. The van der Waals surface area contributed by atoms with E-state index in [1.807, 2.05) is 41.9 Å². The fraction of sp³-hybridized carbons (Fsp3) is 0.316. The molecule has 0 aliphatic rings. The smallest absolute Gasteiger partial charge is 0.234 e. The molecule has 7 heteroatoms. The highest BCUT2D eigenvalue weighted by Crippen LogP contribution is 2.29. The average Bonchev–Trinajstić information content (AvgIpc) is 3.22. The Balaban J connectivity index is 1.66. The lowest BCUT2D eigenvalue weighted by Crippen LogP contribution is -2.20. The van der Waals surface area contributed by atoms with Crippen molar-refractivity contribution >= 4 is 23.4 Å². The molecule has 136 valence electrons. The molecule has 0 unspecified atom stereocenters. The molecular formula is C19H22N4O2S. The van der Waals surface area contributed by atoms with Gasteiger partial charge >= 0.3 is 0 Å². The number of anilines is 1. The normalized spacial score (nSPS) is 11.5.